The molecule has 0 spiro atoms. The number of rotatable bonds is 31. The number of carbonyl (C=O) groups is 2. The molecule has 0 aromatic heterocycles. The molecule has 0 aromatic rings. The molecular formula is C33H61NO12. The molecule has 0 unspecified atom stereocenters. The lowest BCUT2D eigenvalue weighted by molar-refractivity contribution is -0.157. The first-order valence-electron chi connectivity index (χ1n) is 16.1. The van der Waals surface area contributed by atoms with Crippen molar-refractivity contribution in [2.45, 2.75) is 65.6 Å². The van der Waals surface area contributed by atoms with Crippen LogP contribution in [0.1, 0.15) is 54.4 Å². The Morgan fingerprint density at radius 2 is 0.761 bits per heavy atom. The lowest BCUT2D eigenvalue weighted by Crippen LogP contribution is -2.34. The van der Waals surface area contributed by atoms with Crippen LogP contribution in [0, 0.1) is 12.3 Å². The molecule has 0 fully saturated rings. The van der Waals surface area contributed by atoms with Gasteiger partial charge in [0.15, 0.2) is 0 Å². The smallest absolute Gasteiger partial charge is 0.308 e. The van der Waals surface area contributed by atoms with Crippen LogP contribution in [0.25, 0.3) is 0 Å². The summed E-state index contributed by atoms with van der Waals surface area (Å²) < 4.78 is 54.7. The highest BCUT2D eigenvalue weighted by Gasteiger charge is 2.16. The van der Waals surface area contributed by atoms with Gasteiger partial charge in [0.1, 0.15) is 17.8 Å². The summed E-state index contributed by atoms with van der Waals surface area (Å²) in [6.45, 7) is 20.1. The summed E-state index contributed by atoms with van der Waals surface area (Å²) in [7, 11) is 0. The first kappa shape index (κ1) is 44.1. The topological polar surface area (TPSA) is 130 Å². The van der Waals surface area contributed by atoms with E-state index in [1.54, 1.807) is 0 Å². The Morgan fingerprint density at radius 1 is 0.478 bits per heavy atom. The van der Waals surface area contributed by atoms with E-state index in [1.807, 2.05) is 41.5 Å². The number of hydrogen-bond donors (Lipinski definition) is 0. The first-order chi connectivity index (χ1) is 21.9. The highest BCUT2D eigenvalue weighted by molar-refractivity contribution is 5.70. The normalized spacial score (nSPS) is 12.0. The van der Waals surface area contributed by atoms with Crippen LogP contribution in [0.2, 0.25) is 0 Å². The Balaban J connectivity index is 3.95. The molecule has 0 bridgehead atoms. The number of terminal acetylenes is 1. The SMILES string of the molecule is C#CCOCCOCCN(CCOCCOCCOCCC(=O)OC(C)(C)C)CCOCCOCCOCCC(=O)OC(C)(C)C. The van der Waals surface area contributed by atoms with Crippen LogP contribution in [0.4, 0.5) is 0 Å². The number of nitrogens with zero attached hydrogens (tertiary/aromatic N) is 1. The van der Waals surface area contributed by atoms with Crippen LogP contribution < -0.4 is 0 Å². The van der Waals surface area contributed by atoms with E-state index < -0.39 is 11.2 Å². The van der Waals surface area contributed by atoms with Crippen LogP contribution in [0.15, 0.2) is 0 Å². The summed E-state index contributed by atoms with van der Waals surface area (Å²) in [5, 5.41) is 0. The summed E-state index contributed by atoms with van der Waals surface area (Å²) in [6, 6.07) is 0. The molecule has 13 nitrogen and oxygen atoms in total. The van der Waals surface area contributed by atoms with Gasteiger partial charge in [-0.15, -0.1) is 6.42 Å². The van der Waals surface area contributed by atoms with Gasteiger partial charge in [0.2, 0.25) is 0 Å². The minimum absolute atomic E-state index is 0.218. The van der Waals surface area contributed by atoms with Gasteiger partial charge < -0.3 is 47.4 Å². The molecule has 0 saturated heterocycles. The van der Waals surface area contributed by atoms with Crippen molar-refractivity contribution in [3.05, 3.63) is 0 Å². The average molecular weight is 664 g/mol. The number of carbonyl (C=O) groups excluding carboxylic acids is 2. The Kier molecular flexibility index (Phi) is 28.1. The zero-order chi connectivity index (χ0) is 34.4. The zero-order valence-corrected chi connectivity index (χ0v) is 29.3. The van der Waals surface area contributed by atoms with Gasteiger partial charge in [-0.1, -0.05) is 5.92 Å². The molecule has 0 atom stereocenters. The van der Waals surface area contributed by atoms with Crippen molar-refractivity contribution in [3.8, 4) is 12.3 Å². The highest BCUT2D eigenvalue weighted by Crippen LogP contribution is 2.09. The quantitative estimate of drug-likeness (QED) is 0.0613. The van der Waals surface area contributed by atoms with Crippen molar-refractivity contribution in [1.29, 1.82) is 0 Å². The lowest BCUT2D eigenvalue weighted by Gasteiger charge is -2.22. The second kappa shape index (κ2) is 29.3. The summed E-state index contributed by atoms with van der Waals surface area (Å²) in [4.78, 5) is 25.5. The second-order valence-electron chi connectivity index (χ2n) is 12.1. The van der Waals surface area contributed by atoms with E-state index in [1.165, 1.54) is 0 Å². The van der Waals surface area contributed by atoms with Gasteiger partial charge in [0.05, 0.1) is 112 Å². The van der Waals surface area contributed by atoms with Crippen LogP contribution >= 0.6 is 0 Å². The van der Waals surface area contributed by atoms with E-state index >= 15 is 0 Å². The van der Waals surface area contributed by atoms with Gasteiger partial charge in [-0.05, 0) is 41.5 Å². The van der Waals surface area contributed by atoms with Gasteiger partial charge in [0.25, 0.3) is 0 Å². The second-order valence-corrected chi connectivity index (χ2v) is 12.1. The lowest BCUT2D eigenvalue weighted by atomic mass is 10.2. The first-order valence-corrected chi connectivity index (χ1v) is 16.1. The van der Waals surface area contributed by atoms with E-state index in [9.17, 15) is 9.59 Å². The molecular weight excluding hydrogens is 602 g/mol. The Bertz CT molecular complexity index is 726. The van der Waals surface area contributed by atoms with E-state index in [0.717, 1.165) is 6.54 Å². The molecule has 0 aliphatic carbocycles. The summed E-state index contributed by atoms with van der Waals surface area (Å²) in [6.07, 6.45) is 5.61. The fourth-order valence-corrected chi connectivity index (χ4v) is 3.45. The molecule has 0 heterocycles. The Morgan fingerprint density at radius 3 is 1.07 bits per heavy atom. The standard InChI is InChI=1S/C33H61NO12/c1-8-14-37-20-23-40-17-11-34(12-18-41-24-28-43-26-21-38-15-9-30(35)45-32(2,3)4)13-19-42-25-29-44-27-22-39-16-10-31(36)46-33(5,6)7/h1H,9-29H2,2-7H3. The summed E-state index contributed by atoms with van der Waals surface area (Å²) in [5.74, 6) is 1.88. The minimum atomic E-state index is -0.489. The molecule has 46 heavy (non-hydrogen) atoms. The van der Waals surface area contributed by atoms with Gasteiger partial charge in [-0.2, -0.15) is 0 Å². The van der Waals surface area contributed by atoms with Crippen LogP contribution in [0.3, 0.4) is 0 Å². The third-order valence-corrected chi connectivity index (χ3v) is 5.44. The molecule has 0 radical (unpaired) electrons. The van der Waals surface area contributed by atoms with Crippen LogP contribution in [-0.4, -0.2) is 153 Å². The van der Waals surface area contributed by atoms with Crippen molar-refractivity contribution in [2.24, 2.45) is 0 Å². The summed E-state index contributed by atoms with van der Waals surface area (Å²) >= 11 is 0. The minimum Gasteiger partial charge on any atom is -0.460 e. The van der Waals surface area contributed by atoms with E-state index in [0.29, 0.717) is 112 Å². The number of ether oxygens (including phenoxy) is 10. The zero-order valence-electron chi connectivity index (χ0n) is 29.3. The van der Waals surface area contributed by atoms with E-state index in [2.05, 4.69) is 10.8 Å². The monoisotopic (exact) mass is 663 g/mol. The van der Waals surface area contributed by atoms with Gasteiger partial charge in [-0.3, -0.25) is 14.5 Å². The molecule has 13 heteroatoms. The molecule has 270 valence electrons. The van der Waals surface area contributed by atoms with Gasteiger partial charge in [0, 0.05) is 19.6 Å². The van der Waals surface area contributed by atoms with E-state index in [-0.39, 0.29) is 31.4 Å². The molecule has 0 rings (SSSR count). The van der Waals surface area contributed by atoms with Gasteiger partial charge >= 0.3 is 11.9 Å². The summed E-state index contributed by atoms with van der Waals surface area (Å²) in [5.41, 5.74) is -0.978. The fourth-order valence-electron chi connectivity index (χ4n) is 3.45. The molecule has 0 saturated carbocycles. The largest absolute Gasteiger partial charge is 0.460 e. The van der Waals surface area contributed by atoms with Crippen molar-refractivity contribution >= 4 is 11.9 Å². The van der Waals surface area contributed by atoms with Crippen molar-refractivity contribution in [3.63, 3.8) is 0 Å². The maximum absolute atomic E-state index is 11.7. The maximum atomic E-state index is 11.7. The van der Waals surface area contributed by atoms with Crippen LogP contribution in [-0.2, 0) is 57.0 Å². The van der Waals surface area contributed by atoms with Crippen molar-refractivity contribution in [2.75, 3.05) is 125 Å². The van der Waals surface area contributed by atoms with Crippen LogP contribution in [0.5, 0.6) is 0 Å². The Hall–Kier alpha value is -1.86. The number of hydrogen-bond acceptors (Lipinski definition) is 13. The van der Waals surface area contributed by atoms with Gasteiger partial charge in [-0.25, -0.2) is 0 Å². The van der Waals surface area contributed by atoms with Crippen molar-refractivity contribution < 1.29 is 57.0 Å². The molecule has 0 amide bonds. The number of esters is 2. The highest BCUT2D eigenvalue weighted by atomic mass is 16.6. The maximum Gasteiger partial charge on any atom is 0.308 e. The fraction of sp³-hybridized carbons (Fsp3) is 0.879. The Labute approximate surface area is 277 Å². The van der Waals surface area contributed by atoms with Crippen molar-refractivity contribution in [1.82, 2.24) is 4.90 Å². The predicted molar refractivity (Wildman–Crippen MR) is 173 cm³/mol. The third kappa shape index (κ3) is 35.0. The molecule has 0 aliphatic heterocycles. The average Bonchev–Trinajstić information content (AvgIpc) is 2.95. The third-order valence-electron chi connectivity index (χ3n) is 5.44. The molecule has 0 aliphatic rings. The molecule has 0 aromatic carbocycles. The predicted octanol–water partition coefficient (Wildman–Crippen LogP) is 2.52. The molecule has 0 N–H and O–H groups in total. The van der Waals surface area contributed by atoms with E-state index in [4.69, 9.17) is 53.8 Å².